The average molecular weight is 211 g/mol. The Morgan fingerprint density at radius 3 is 2.50 bits per heavy atom. The lowest BCUT2D eigenvalue weighted by Gasteiger charge is -2.12. The van der Waals surface area contributed by atoms with Crippen LogP contribution in [-0.4, -0.2) is 31.3 Å². The van der Waals surface area contributed by atoms with E-state index in [9.17, 15) is 9.59 Å². The van der Waals surface area contributed by atoms with E-state index in [0.717, 1.165) is 6.42 Å². The number of carbonyl (C=O) groups is 2. The summed E-state index contributed by atoms with van der Waals surface area (Å²) in [6.07, 6.45) is 2.90. The van der Waals surface area contributed by atoms with Crippen LogP contribution < -0.4 is 0 Å². The number of likely N-dealkylation sites (tertiary alicyclic amines) is 1. The fourth-order valence-electron chi connectivity index (χ4n) is 1.29. The van der Waals surface area contributed by atoms with E-state index in [1.54, 1.807) is 6.08 Å². The highest BCUT2D eigenvalue weighted by Crippen LogP contribution is 2.11. The zero-order valence-corrected chi connectivity index (χ0v) is 10.0. The third kappa shape index (κ3) is 3.10. The molecule has 0 aromatic carbocycles. The van der Waals surface area contributed by atoms with Crippen molar-refractivity contribution in [1.82, 2.24) is 4.90 Å². The molecule has 0 radical (unpaired) electrons. The molecule has 4 heteroatoms. The van der Waals surface area contributed by atoms with Crippen LogP contribution in [0.2, 0.25) is 19.6 Å². The second-order valence-corrected chi connectivity index (χ2v) is 9.75. The summed E-state index contributed by atoms with van der Waals surface area (Å²) in [5, 5.41) is 0. The molecule has 2 amide bonds. The molecule has 0 N–H and O–H groups in total. The first-order valence-corrected chi connectivity index (χ1v) is 8.51. The molecule has 0 aromatic rings. The van der Waals surface area contributed by atoms with E-state index in [1.165, 1.54) is 4.90 Å². The highest BCUT2D eigenvalue weighted by atomic mass is 28.3. The molecule has 0 spiro atoms. The van der Waals surface area contributed by atoms with Gasteiger partial charge in [-0.2, -0.15) is 0 Å². The van der Waals surface area contributed by atoms with Crippen molar-refractivity contribution in [2.24, 2.45) is 0 Å². The van der Waals surface area contributed by atoms with Gasteiger partial charge in [-0.3, -0.25) is 14.5 Å². The molecule has 14 heavy (non-hydrogen) atoms. The summed E-state index contributed by atoms with van der Waals surface area (Å²) < 4.78 is 0. The van der Waals surface area contributed by atoms with E-state index < -0.39 is 8.07 Å². The predicted molar refractivity (Wildman–Crippen MR) is 58.4 cm³/mol. The molecule has 0 saturated carbocycles. The number of hydrogen-bond acceptors (Lipinski definition) is 2. The average Bonchev–Trinajstić information content (AvgIpc) is 2.46. The van der Waals surface area contributed by atoms with Crippen molar-refractivity contribution < 1.29 is 9.59 Å². The Morgan fingerprint density at radius 2 is 2.07 bits per heavy atom. The topological polar surface area (TPSA) is 37.4 Å². The van der Waals surface area contributed by atoms with E-state index in [4.69, 9.17) is 0 Å². The van der Waals surface area contributed by atoms with Gasteiger partial charge in [0.1, 0.15) is 0 Å². The SMILES string of the molecule is C[Si](C)(C)/C=C\C(=O)N1CCCC1=O. The van der Waals surface area contributed by atoms with E-state index in [2.05, 4.69) is 19.6 Å². The quantitative estimate of drug-likeness (QED) is 0.513. The molecule has 0 aliphatic carbocycles. The summed E-state index contributed by atoms with van der Waals surface area (Å²) in [6, 6.07) is 0. The van der Waals surface area contributed by atoms with E-state index in [1.807, 2.05) is 5.70 Å². The van der Waals surface area contributed by atoms with Gasteiger partial charge in [0.15, 0.2) is 0 Å². The number of nitrogens with zero attached hydrogens (tertiary/aromatic N) is 1. The molecule has 0 atom stereocenters. The Hall–Kier alpha value is -0.903. The maximum Gasteiger partial charge on any atom is 0.252 e. The molecule has 1 aliphatic rings. The molecular weight excluding hydrogens is 194 g/mol. The van der Waals surface area contributed by atoms with Crippen LogP contribution in [0.5, 0.6) is 0 Å². The summed E-state index contributed by atoms with van der Waals surface area (Å²) in [6.45, 7) is 7.06. The van der Waals surface area contributed by atoms with Gasteiger partial charge in [0.25, 0.3) is 5.91 Å². The van der Waals surface area contributed by atoms with Gasteiger partial charge in [-0.25, -0.2) is 0 Å². The summed E-state index contributed by atoms with van der Waals surface area (Å²) in [5.74, 6) is -0.176. The standard InChI is InChI=1S/C10H17NO2Si/c1-14(2,3)8-6-10(13)11-7-4-5-9(11)12/h6,8H,4-5,7H2,1-3H3/b8-6-. The van der Waals surface area contributed by atoms with Crippen LogP contribution in [0.15, 0.2) is 11.8 Å². The van der Waals surface area contributed by atoms with Crippen LogP contribution in [0.3, 0.4) is 0 Å². The monoisotopic (exact) mass is 211 g/mol. The lowest BCUT2D eigenvalue weighted by molar-refractivity contribution is -0.138. The predicted octanol–water partition coefficient (Wildman–Crippen LogP) is 1.57. The molecule has 0 aromatic heterocycles. The molecule has 1 fully saturated rings. The fraction of sp³-hybridized carbons (Fsp3) is 0.600. The Kier molecular flexibility index (Phi) is 3.26. The number of rotatable bonds is 2. The zero-order valence-electron chi connectivity index (χ0n) is 9.04. The normalized spacial score (nSPS) is 18.2. The highest BCUT2D eigenvalue weighted by Gasteiger charge is 2.24. The van der Waals surface area contributed by atoms with Gasteiger partial charge in [0.2, 0.25) is 5.91 Å². The van der Waals surface area contributed by atoms with E-state index >= 15 is 0 Å². The van der Waals surface area contributed by atoms with Gasteiger partial charge in [0.05, 0.1) is 8.07 Å². The van der Waals surface area contributed by atoms with Gasteiger partial charge in [-0.15, -0.1) is 0 Å². The minimum absolute atomic E-state index is 0.0322. The molecule has 3 nitrogen and oxygen atoms in total. The van der Waals surface area contributed by atoms with Crippen molar-refractivity contribution in [2.45, 2.75) is 32.5 Å². The third-order valence-corrected chi connectivity index (χ3v) is 3.23. The molecule has 0 unspecified atom stereocenters. The van der Waals surface area contributed by atoms with Gasteiger partial charge >= 0.3 is 0 Å². The summed E-state index contributed by atoms with van der Waals surface area (Å²) in [5.41, 5.74) is 1.97. The molecule has 0 bridgehead atoms. The third-order valence-electron chi connectivity index (χ3n) is 2.07. The molecular formula is C10H17NO2Si. The van der Waals surface area contributed by atoms with Crippen LogP contribution in [0.25, 0.3) is 0 Å². The number of amides is 2. The van der Waals surface area contributed by atoms with Gasteiger partial charge in [-0.1, -0.05) is 25.3 Å². The van der Waals surface area contributed by atoms with Crippen molar-refractivity contribution in [3.05, 3.63) is 11.8 Å². The van der Waals surface area contributed by atoms with E-state index in [-0.39, 0.29) is 11.8 Å². The summed E-state index contributed by atoms with van der Waals surface area (Å²) in [7, 11) is -1.33. The molecule has 1 aliphatic heterocycles. The minimum atomic E-state index is -1.33. The summed E-state index contributed by atoms with van der Waals surface area (Å²) in [4.78, 5) is 24.1. The van der Waals surface area contributed by atoms with Crippen LogP contribution in [-0.2, 0) is 9.59 Å². The second kappa shape index (κ2) is 4.08. The van der Waals surface area contributed by atoms with Crippen molar-refractivity contribution in [1.29, 1.82) is 0 Å². The van der Waals surface area contributed by atoms with Crippen LogP contribution >= 0.6 is 0 Å². The van der Waals surface area contributed by atoms with Crippen molar-refractivity contribution in [3.8, 4) is 0 Å². The first kappa shape index (κ1) is 11.2. The molecule has 1 heterocycles. The first-order valence-electron chi connectivity index (χ1n) is 4.94. The smallest absolute Gasteiger partial charge is 0.252 e. The molecule has 1 rings (SSSR count). The number of carbonyl (C=O) groups excluding carboxylic acids is 2. The Balaban J connectivity index is 2.58. The van der Waals surface area contributed by atoms with Crippen molar-refractivity contribution in [2.75, 3.05) is 6.54 Å². The largest absolute Gasteiger partial charge is 0.279 e. The Bertz CT molecular complexity index is 278. The molecule has 1 saturated heterocycles. The minimum Gasteiger partial charge on any atom is -0.279 e. The number of imide groups is 1. The Morgan fingerprint density at radius 1 is 1.43 bits per heavy atom. The van der Waals surface area contributed by atoms with Gasteiger partial charge in [-0.05, 0) is 12.5 Å². The Labute approximate surface area is 85.8 Å². The van der Waals surface area contributed by atoms with Gasteiger partial charge < -0.3 is 0 Å². The zero-order chi connectivity index (χ0) is 10.8. The first-order chi connectivity index (χ1) is 6.40. The lowest BCUT2D eigenvalue weighted by Crippen LogP contribution is -2.31. The maximum atomic E-state index is 11.5. The highest BCUT2D eigenvalue weighted by molar-refractivity contribution is 6.81. The van der Waals surface area contributed by atoms with Crippen LogP contribution in [0.4, 0.5) is 0 Å². The van der Waals surface area contributed by atoms with Crippen LogP contribution in [0.1, 0.15) is 12.8 Å². The molecule has 78 valence electrons. The second-order valence-electron chi connectivity index (χ2n) is 4.69. The van der Waals surface area contributed by atoms with Crippen molar-refractivity contribution in [3.63, 3.8) is 0 Å². The fourth-order valence-corrected chi connectivity index (χ4v) is 1.93. The summed E-state index contributed by atoms with van der Waals surface area (Å²) >= 11 is 0. The van der Waals surface area contributed by atoms with Crippen molar-refractivity contribution >= 4 is 19.9 Å². The number of hydrogen-bond donors (Lipinski definition) is 0. The maximum absolute atomic E-state index is 11.5. The van der Waals surface area contributed by atoms with Gasteiger partial charge in [0, 0.05) is 13.0 Å². The lowest BCUT2D eigenvalue weighted by atomic mass is 10.4. The van der Waals surface area contributed by atoms with E-state index in [0.29, 0.717) is 13.0 Å². The van der Waals surface area contributed by atoms with Crippen LogP contribution in [0, 0.1) is 0 Å².